The summed E-state index contributed by atoms with van der Waals surface area (Å²) in [6.07, 6.45) is 0. The maximum absolute atomic E-state index is 11.9. The first-order valence-electron chi connectivity index (χ1n) is 5.02. The summed E-state index contributed by atoms with van der Waals surface area (Å²) in [6, 6.07) is 5.34. The molecule has 1 aromatic heterocycles. The highest BCUT2D eigenvalue weighted by molar-refractivity contribution is 5.92. The van der Waals surface area contributed by atoms with Crippen LogP contribution in [0.1, 0.15) is 23.1 Å². The number of carbonyl (C=O) groups excluding carboxylic acids is 1. The molecule has 0 aromatic carbocycles. The lowest BCUT2D eigenvalue weighted by Gasteiger charge is -2.19. The number of amides is 1. The van der Waals surface area contributed by atoms with Crippen molar-refractivity contribution >= 4 is 5.91 Å². The molecule has 4 nitrogen and oxygen atoms in total. The molecule has 0 spiro atoms. The van der Waals surface area contributed by atoms with E-state index in [1.165, 1.54) is 0 Å². The Morgan fingerprint density at radius 1 is 1.53 bits per heavy atom. The Labute approximate surface area is 89.6 Å². The molecule has 0 atom stereocenters. The van der Waals surface area contributed by atoms with Crippen molar-refractivity contribution in [3.05, 3.63) is 29.6 Å². The zero-order valence-electron chi connectivity index (χ0n) is 9.10. The van der Waals surface area contributed by atoms with Crippen molar-refractivity contribution in [3.8, 4) is 0 Å². The highest BCUT2D eigenvalue weighted by Crippen LogP contribution is 2.03. The van der Waals surface area contributed by atoms with E-state index in [1.54, 1.807) is 11.0 Å². The Balaban J connectivity index is 2.82. The quantitative estimate of drug-likeness (QED) is 0.798. The lowest BCUT2D eigenvalue weighted by Crippen LogP contribution is -2.33. The van der Waals surface area contributed by atoms with E-state index in [4.69, 9.17) is 5.11 Å². The van der Waals surface area contributed by atoms with Crippen molar-refractivity contribution in [1.82, 2.24) is 9.88 Å². The van der Waals surface area contributed by atoms with Gasteiger partial charge in [-0.1, -0.05) is 6.07 Å². The zero-order valence-corrected chi connectivity index (χ0v) is 9.10. The minimum absolute atomic E-state index is 0.0224. The van der Waals surface area contributed by atoms with Gasteiger partial charge in [-0.2, -0.15) is 0 Å². The van der Waals surface area contributed by atoms with E-state index in [0.717, 1.165) is 5.69 Å². The Bertz CT molecular complexity index is 339. The highest BCUT2D eigenvalue weighted by Gasteiger charge is 2.14. The van der Waals surface area contributed by atoms with E-state index in [9.17, 15) is 4.79 Å². The van der Waals surface area contributed by atoms with Crippen molar-refractivity contribution < 1.29 is 9.90 Å². The molecule has 1 heterocycles. The number of hydrogen-bond acceptors (Lipinski definition) is 3. The topological polar surface area (TPSA) is 53.4 Å². The summed E-state index contributed by atoms with van der Waals surface area (Å²) in [4.78, 5) is 17.6. The summed E-state index contributed by atoms with van der Waals surface area (Å²) >= 11 is 0. The maximum atomic E-state index is 11.9. The molecule has 0 aliphatic carbocycles. The fraction of sp³-hybridized carbons (Fsp3) is 0.455. The number of aliphatic hydroxyl groups is 1. The molecule has 0 unspecified atom stereocenters. The normalized spacial score (nSPS) is 10.1. The number of rotatable bonds is 4. The van der Waals surface area contributed by atoms with Crippen molar-refractivity contribution in [2.24, 2.45) is 0 Å². The van der Waals surface area contributed by atoms with Crippen LogP contribution in [-0.2, 0) is 0 Å². The van der Waals surface area contributed by atoms with Crippen LogP contribution in [0, 0.1) is 6.92 Å². The van der Waals surface area contributed by atoms with Crippen LogP contribution in [0.5, 0.6) is 0 Å². The van der Waals surface area contributed by atoms with Gasteiger partial charge in [0, 0.05) is 18.8 Å². The number of aryl methyl sites for hydroxylation is 1. The van der Waals surface area contributed by atoms with Gasteiger partial charge in [-0.15, -0.1) is 0 Å². The van der Waals surface area contributed by atoms with Gasteiger partial charge in [0.15, 0.2) is 0 Å². The first-order chi connectivity index (χ1) is 7.19. The largest absolute Gasteiger partial charge is 0.395 e. The second-order valence-electron chi connectivity index (χ2n) is 3.27. The number of nitrogens with zero attached hydrogens (tertiary/aromatic N) is 2. The second-order valence-corrected chi connectivity index (χ2v) is 3.27. The molecule has 0 radical (unpaired) electrons. The Morgan fingerprint density at radius 3 is 2.80 bits per heavy atom. The van der Waals surface area contributed by atoms with Gasteiger partial charge in [-0.3, -0.25) is 4.79 Å². The number of aliphatic hydroxyl groups excluding tert-OH is 1. The third-order valence-electron chi connectivity index (χ3n) is 2.15. The molecule has 0 saturated heterocycles. The molecule has 0 aliphatic rings. The lowest BCUT2D eigenvalue weighted by molar-refractivity contribution is 0.0726. The van der Waals surface area contributed by atoms with Crippen LogP contribution in [0.15, 0.2) is 18.2 Å². The third kappa shape index (κ3) is 3.02. The molecule has 0 saturated carbocycles. The predicted octanol–water partition coefficient (Wildman–Crippen LogP) is 0.844. The smallest absolute Gasteiger partial charge is 0.272 e. The van der Waals surface area contributed by atoms with E-state index in [0.29, 0.717) is 18.8 Å². The van der Waals surface area contributed by atoms with E-state index >= 15 is 0 Å². The maximum Gasteiger partial charge on any atom is 0.272 e. The average Bonchev–Trinajstić information content (AvgIpc) is 2.25. The number of hydrogen-bond donors (Lipinski definition) is 1. The van der Waals surface area contributed by atoms with Gasteiger partial charge in [0.2, 0.25) is 0 Å². The van der Waals surface area contributed by atoms with E-state index in [1.807, 2.05) is 26.0 Å². The molecule has 1 aromatic rings. The first kappa shape index (κ1) is 11.7. The van der Waals surface area contributed by atoms with Crippen molar-refractivity contribution in [2.45, 2.75) is 13.8 Å². The van der Waals surface area contributed by atoms with Gasteiger partial charge < -0.3 is 10.0 Å². The summed E-state index contributed by atoms with van der Waals surface area (Å²) in [5.41, 5.74) is 1.26. The van der Waals surface area contributed by atoms with Gasteiger partial charge in [0.05, 0.1) is 6.61 Å². The van der Waals surface area contributed by atoms with E-state index < -0.39 is 0 Å². The summed E-state index contributed by atoms with van der Waals surface area (Å²) in [5, 5.41) is 8.80. The van der Waals surface area contributed by atoms with Gasteiger partial charge in [0.25, 0.3) is 5.91 Å². The molecule has 0 aliphatic heterocycles. The second kappa shape index (κ2) is 5.46. The SMILES string of the molecule is CCN(CCO)C(=O)c1cccc(C)n1. The van der Waals surface area contributed by atoms with Crippen molar-refractivity contribution in [3.63, 3.8) is 0 Å². The summed E-state index contributed by atoms with van der Waals surface area (Å²) < 4.78 is 0. The van der Waals surface area contributed by atoms with Crippen LogP contribution in [0.2, 0.25) is 0 Å². The minimum Gasteiger partial charge on any atom is -0.395 e. The van der Waals surface area contributed by atoms with Gasteiger partial charge in [0.1, 0.15) is 5.69 Å². The van der Waals surface area contributed by atoms with Gasteiger partial charge >= 0.3 is 0 Å². The summed E-state index contributed by atoms with van der Waals surface area (Å²) in [5.74, 6) is -0.129. The van der Waals surface area contributed by atoms with Gasteiger partial charge in [-0.05, 0) is 26.0 Å². The Kier molecular flexibility index (Phi) is 4.24. The standard InChI is InChI=1S/C11H16N2O2/c1-3-13(7-8-14)11(15)10-6-4-5-9(2)12-10/h4-6,14H,3,7-8H2,1-2H3. The van der Waals surface area contributed by atoms with Gasteiger partial charge in [-0.25, -0.2) is 4.98 Å². The lowest BCUT2D eigenvalue weighted by atomic mass is 10.3. The zero-order chi connectivity index (χ0) is 11.3. The van der Waals surface area contributed by atoms with Crippen LogP contribution < -0.4 is 0 Å². The Morgan fingerprint density at radius 2 is 2.27 bits per heavy atom. The summed E-state index contributed by atoms with van der Waals surface area (Å²) in [7, 11) is 0. The molecule has 4 heteroatoms. The molecular weight excluding hydrogens is 192 g/mol. The Hall–Kier alpha value is -1.42. The van der Waals surface area contributed by atoms with E-state index in [2.05, 4.69) is 4.98 Å². The number of likely N-dealkylation sites (N-methyl/N-ethyl adjacent to an activating group) is 1. The van der Waals surface area contributed by atoms with Crippen LogP contribution in [0.25, 0.3) is 0 Å². The fourth-order valence-corrected chi connectivity index (χ4v) is 1.35. The minimum atomic E-state index is -0.129. The molecular formula is C11H16N2O2. The van der Waals surface area contributed by atoms with Crippen LogP contribution in [-0.4, -0.2) is 40.6 Å². The number of aromatic nitrogens is 1. The molecule has 1 amide bonds. The monoisotopic (exact) mass is 208 g/mol. The molecule has 15 heavy (non-hydrogen) atoms. The third-order valence-corrected chi connectivity index (χ3v) is 2.15. The summed E-state index contributed by atoms with van der Waals surface area (Å²) in [6.45, 7) is 4.63. The first-order valence-corrected chi connectivity index (χ1v) is 5.02. The molecule has 82 valence electrons. The predicted molar refractivity (Wildman–Crippen MR) is 57.6 cm³/mol. The highest BCUT2D eigenvalue weighted by atomic mass is 16.3. The van der Waals surface area contributed by atoms with Crippen LogP contribution in [0.4, 0.5) is 0 Å². The number of carbonyl (C=O) groups is 1. The molecule has 0 fully saturated rings. The van der Waals surface area contributed by atoms with Crippen molar-refractivity contribution in [1.29, 1.82) is 0 Å². The molecule has 1 rings (SSSR count). The number of pyridine rings is 1. The van der Waals surface area contributed by atoms with Crippen LogP contribution in [0.3, 0.4) is 0 Å². The fourth-order valence-electron chi connectivity index (χ4n) is 1.35. The van der Waals surface area contributed by atoms with Crippen LogP contribution >= 0.6 is 0 Å². The van der Waals surface area contributed by atoms with E-state index in [-0.39, 0.29) is 12.5 Å². The molecule has 0 bridgehead atoms. The molecule has 1 N–H and O–H groups in total. The van der Waals surface area contributed by atoms with Crippen molar-refractivity contribution in [2.75, 3.05) is 19.7 Å². The average molecular weight is 208 g/mol.